The maximum absolute atomic E-state index is 13.3. The van der Waals surface area contributed by atoms with Crippen molar-refractivity contribution < 1.29 is 18.3 Å². The summed E-state index contributed by atoms with van der Waals surface area (Å²) >= 11 is 6.55. The van der Waals surface area contributed by atoms with Crippen molar-refractivity contribution in [1.29, 1.82) is 0 Å². The SMILES string of the molecule is O=C(NCC1CCC(F)(F)CC1)C1=CN(C2CCCO2)C2CC=C[C@@H](Cl)C12. The molecule has 4 aliphatic rings. The first kappa shape index (κ1) is 19.2. The van der Waals surface area contributed by atoms with E-state index in [1.807, 2.05) is 12.3 Å². The lowest BCUT2D eigenvalue weighted by Crippen LogP contribution is -2.43. The minimum absolute atomic E-state index is 0.0127. The summed E-state index contributed by atoms with van der Waals surface area (Å²) in [5, 5.41) is 2.76. The zero-order valence-electron chi connectivity index (χ0n) is 15.4. The second-order valence-electron chi connectivity index (χ2n) is 8.21. The number of allylic oxidation sites excluding steroid dienone is 1. The van der Waals surface area contributed by atoms with Crippen LogP contribution in [0.25, 0.3) is 0 Å². The number of halogens is 3. The summed E-state index contributed by atoms with van der Waals surface area (Å²) in [4.78, 5) is 15.1. The average molecular weight is 401 g/mol. The van der Waals surface area contributed by atoms with Crippen LogP contribution in [0, 0.1) is 11.8 Å². The van der Waals surface area contributed by atoms with Gasteiger partial charge >= 0.3 is 0 Å². The summed E-state index contributed by atoms with van der Waals surface area (Å²) in [6.07, 6.45) is 9.58. The first-order valence-corrected chi connectivity index (χ1v) is 10.5. The summed E-state index contributed by atoms with van der Waals surface area (Å²) in [5.41, 5.74) is 0.695. The standard InChI is InChI=1S/C20H27ClF2N2O2/c21-15-3-1-4-16-18(15)14(12-25(16)17-5-2-10-27-17)19(26)24-11-13-6-8-20(22,23)9-7-13/h1,3,12-13,15-18H,2,4-11H2,(H,24,26)/t15-,16?,17?,18?/m1/s1. The molecular formula is C20H27ClF2N2O2. The molecular weight excluding hydrogens is 374 g/mol. The monoisotopic (exact) mass is 400 g/mol. The van der Waals surface area contributed by atoms with E-state index in [0.29, 0.717) is 25.0 Å². The molecule has 0 spiro atoms. The molecule has 2 aliphatic heterocycles. The predicted octanol–water partition coefficient (Wildman–Crippen LogP) is 3.82. The molecule has 150 valence electrons. The molecule has 1 N–H and O–H groups in total. The Labute approximate surface area is 163 Å². The van der Waals surface area contributed by atoms with Gasteiger partial charge in [0.1, 0.15) is 6.23 Å². The first-order chi connectivity index (χ1) is 12.9. The van der Waals surface area contributed by atoms with E-state index in [1.165, 1.54) is 0 Å². The van der Waals surface area contributed by atoms with E-state index in [2.05, 4.69) is 16.3 Å². The Morgan fingerprint density at radius 2 is 2.11 bits per heavy atom. The molecule has 7 heteroatoms. The van der Waals surface area contributed by atoms with Crippen molar-refractivity contribution in [2.45, 2.75) is 68.5 Å². The minimum atomic E-state index is -2.54. The number of carbonyl (C=O) groups excluding carboxylic acids is 1. The Bertz CT molecular complexity index is 623. The molecule has 4 rings (SSSR count). The van der Waals surface area contributed by atoms with Gasteiger partial charge in [0, 0.05) is 49.7 Å². The van der Waals surface area contributed by atoms with E-state index in [0.717, 1.165) is 25.9 Å². The average Bonchev–Trinajstić information content (AvgIpc) is 3.28. The van der Waals surface area contributed by atoms with Crippen LogP contribution in [-0.2, 0) is 9.53 Å². The molecule has 2 aliphatic carbocycles. The number of alkyl halides is 3. The van der Waals surface area contributed by atoms with Crippen LogP contribution in [0.15, 0.2) is 23.9 Å². The van der Waals surface area contributed by atoms with Gasteiger partial charge in [-0.05, 0) is 38.0 Å². The van der Waals surface area contributed by atoms with E-state index in [4.69, 9.17) is 16.3 Å². The summed E-state index contributed by atoms with van der Waals surface area (Å²) in [6, 6.07) is 0.148. The Hall–Kier alpha value is -1.14. The van der Waals surface area contributed by atoms with Crippen LogP contribution in [0.2, 0.25) is 0 Å². The van der Waals surface area contributed by atoms with Crippen molar-refractivity contribution in [3.63, 3.8) is 0 Å². The molecule has 27 heavy (non-hydrogen) atoms. The fraction of sp³-hybridized carbons (Fsp3) is 0.750. The zero-order valence-corrected chi connectivity index (χ0v) is 16.1. The van der Waals surface area contributed by atoms with E-state index in [9.17, 15) is 13.6 Å². The molecule has 3 unspecified atom stereocenters. The van der Waals surface area contributed by atoms with Gasteiger partial charge in [0.15, 0.2) is 0 Å². The highest BCUT2D eigenvalue weighted by molar-refractivity contribution is 6.22. The Morgan fingerprint density at radius 1 is 1.33 bits per heavy atom. The van der Waals surface area contributed by atoms with Gasteiger partial charge in [-0.1, -0.05) is 12.2 Å². The number of amides is 1. The molecule has 2 fully saturated rings. The van der Waals surface area contributed by atoms with E-state index < -0.39 is 5.92 Å². The molecule has 1 amide bonds. The number of rotatable bonds is 4. The van der Waals surface area contributed by atoms with Gasteiger partial charge in [-0.25, -0.2) is 8.78 Å². The van der Waals surface area contributed by atoms with Gasteiger partial charge in [0.05, 0.1) is 5.38 Å². The van der Waals surface area contributed by atoms with Crippen LogP contribution in [0.4, 0.5) is 8.78 Å². The van der Waals surface area contributed by atoms with Crippen molar-refractivity contribution in [2.24, 2.45) is 11.8 Å². The highest BCUT2D eigenvalue weighted by atomic mass is 35.5. The second-order valence-corrected chi connectivity index (χ2v) is 8.71. The Kier molecular flexibility index (Phi) is 5.48. The lowest BCUT2D eigenvalue weighted by atomic mass is 9.84. The summed E-state index contributed by atoms with van der Waals surface area (Å²) in [7, 11) is 0. The molecule has 0 aromatic carbocycles. The smallest absolute Gasteiger partial charge is 0.249 e. The number of nitrogens with zero attached hydrogens (tertiary/aromatic N) is 1. The molecule has 1 saturated heterocycles. The molecule has 4 nitrogen and oxygen atoms in total. The Balaban J connectivity index is 1.41. The van der Waals surface area contributed by atoms with Gasteiger partial charge < -0.3 is 15.0 Å². The van der Waals surface area contributed by atoms with E-state index in [-0.39, 0.29) is 48.2 Å². The van der Waals surface area contributed by atoms with Gasteiger partial charge in [0.25, 0.3) is 0 Å². The van der Waals surface area contributed by atoms with E-state index in [1.54, 1.807) is 0 Å². The fourth-order valence-electron chi connectivity index (χ4n) is 4.80. The molecule has 0 bridgehead atoms. The predicted molar refractivity (Wildman–Crippen MR) is 99.5 cm³/mol. The largest absolute Gasteiger partial charge is 0.358 e. The van der Waals surface area contributed by atoms with Crippen molar-refractivity contribution >= 4 is 17.5 Å². The lowest BCUT2D eigenvalue weighted by Gasteiger charge is -2.36. The number of hydrogen-bond acceptors (Lipinski definition) is 3. The van der Waals surface area contributed by atoms with Crippen molar-refractivity contribution in [3.05, 3.63) is 23.9 Å². The molecule has 1 saturated carbocycles. The lowest BCUT2D eigenvalue weighted by molar-refractivity contribution is -0.118. The summed E-state index contributed by atoms with van der Waals surface area (Å²) < 4.78 is 32.4. The minimum Gasteiger partial charge on any atom is -0.358 e. The zero-order chi connectivity index (χ0) is 19.0. The quantitative estimate of drug-likeness (QED) is 0.576. The van der Waals surface area contributed by atoms with Crippen LogP contribution >= 0.6 is 11.6 Å². The van der Waals surface area contributed by atoms with Crippen molar-refractivity contribution in [2.75, 3.05) is 13.2 Å². The fourth-order valence-corrected chi connectivity index (χ4v) is 5.21. The number of ether oxygens (including phenoxy) is 1. The number of fused-ring (bicyclic) bond motifs is 1. The normalized spacial score (nSPS) is 35.8. The van der Waals surface area contributed by atoms with Gasteiger partial charge in [-0.15, -0.1) is 11.6 Å². The van der Waals surface area contributed by atoms with Crippen LogP contribution < -0.4 is 5.32 Å². The van der Waals surface area contributed by atoms with Gasteiger partial charge in [-0.3, -0.25) is 4.79 Å². The highest BCUT2D eigenvalue weighted by Gasteiger charge is 2.45. The summed E-state index contributed by atoms with van der Waals surface area (Å²) in [5.74, 6) is -2.59. The third-order valence-electron chi connectivity index (χ3n) is 6.37. The second kappa shape index (κ2) is 7.70. The summed E-state index contributed by atoms with van der Waals surface area (Å²) in [6.45, 7) is 1.20. The topological polar surface area (TPSA) is 41.6 Å². The molecule has 4 atom stereocenters. The van der Waals surface area contributed by atoms with Crippen LogP contribution in [0.1, 0.15) is 44.9 Å². The van der Waals surface area contributed by atoms with Gasteiger partial charge in [0.2, 0.25) is 11.8 Å². The Morgan fingerprint density at radius 3 is 2.81 bits per heavy atom. The van der Waals surface area contributed by atoms with Crippen molar-refractivity contribution in [3.8, 4) is 0 Å². The molecule has 0 aromatic rings. The molecule has 2 heterocycles. The van der Waals surface area contributed by atoms with Crippen LogP contribution in [0.5, 0.6) is 0 Å². The first-order valence-electron chi connectivity index (χ1n) is 10.0. The maximum atomic E-state index is 13.3. The van der Waals surface area contributed by atoms with Crippen LogP contribution in [-0.4, -0.2) is 47.5 Å². The third kappa shape index (κ3) is 4.02. The van der Waals surface area contributed by atoms with Crippen molar-refractivity contribution in [1.82, 2.24) is 10.2 Å². The van der Waals surface area contributed by atoms with Gasteiger partial charge in [-0.2, -0.15) is 0 Å². The molecule has 0 aromatic heterocycles. The highest BCUT2D eigenvalue weighted by Crippen LogP contribution is 2.41. The van der Waals surface area contributed by atoms with Crippen LogP contribution in [0.3, 0.4) is 0 Å². The molecule has 0 radical (unpaired) electrons. The number of hydrogen-bond donors (Lipinski definition) is 1. The third-order valence-corrected chi connectivity index (χ3v) is 6.79. The van der Waals surface area contributed by atoms with E-state index >= 15 is 0 Å². The maximum Gasteiger partial charge on any atom is 0.249 e. The number of carbonyl (C=O) groups is 1. The number of nitrogens with one attached hydrogen (secondary N) is 1.